The molecule has 0 spiro atoms. The van der Waals surface area contributed by atoms with Gasteiger partial charge in [0.1, 0.15) is 0 Å². The highest BCUT2D eigenvalue weighted by molar-refractivity contribution is 9.10. The van der Waals surface area contributed by atoms with E-state index in [0.717, 1.165) is 21.4 Å². The van der Waals surface area contributed by atoms with Gasteiger partial charge in [-0.3, -0.25) is 4.79 Å². The van der Waals surface area contributed by atoms with Gasteiger partial charge >= 0.3 is 0 Å². The van der Waals surface area contributed by atoms with E-state index in [0.29, 0.717) is 13.1 Å². The van der Waals surface area contributed by atoms with Crippen molar-refractivity contribution in [3.8, 4) is 0 Å². The zero-order valence-electron chi connectivity index (χ0n) is 9.43. The Kier molecular flexibility index (Phi) is 4.61. The molecule has 0 unspecified atom stereocenters. The summed E-state index contributed by atoms with van der Waals surface area (Å²) in [6.07, 6.45) is 0. The van der Waals surface area contributed by atoms with E-state index in [1.54, 1.807) is 0 Å². The Balaban J connectivity index is 2.54. The summed E-state index contributed by atoms with van der Waals surface area (Å²) in [5, 5.41) is 5.94. The normalized spacial score (nSPS) is 9.94. The van der Waals surface area contributed by atoms with Crippen molar-refractivity contribution >= 4 is 33.2 Å². The minimum absolute atomic E-state index is 0.0191. The molecule has 4 N–H and O–H groups in total. The molecule has 0 saturated carbocycles. The number of nitrogens with one attached hydrogen (secondary N) is 2. The number of aryl methyl sites for hydroxylation is 1. The molecule has 1 rings (SSSR count). The van der Waals surface area contributed by atoms with Crippen molar-refractivity contribution in [2.45, 2.75) is 13.8 Å². The molecule has 1 amide bonds. The second kappa shape index (κ2) is 5.75. The van der Waals surface area contributed by atoms with Gasteiger partial charge < -0.3 is 16.4 Å². The van der Waals surface area contributed by atoms with E-state index in [4.69, 9.17) is 5.73 Å². The first-order valence-corrected chi connectivity index (χ1v) is 5.84. The molecule has 0 atom stereocenters. The van der Waals surface area contributed by atoms with Gasteiger partial charge in [-0.05, 0) is 40.5 Å². The first-order chi connectivity index (χ1) is 7.50. The molecule has 16 heavy (non-hydrogen) atoms. The minimum Gasteiger partial charge on any atom is -0.398 e. The number of nitrogen functional groups attached to an aromatic ring is 1. The van der Waals surface area contributed by atoms with E-state index in [2.05, 4.69) is 26.6 Å². The van der Waals surface area contributed by atoms with E-state index in [1.165, 1.54) is 6.92 Å². The van der Waals surface area contributed by atoms with Gasteiger partial charge in [0.05, 0.1) is 0 Å². The van der Waals surface area contributed by atoms with Crippen molar-refractivity contribution in [3.05, 3.63) is 22.2 Å². The summed E-state index contributed by atoms with van der Waals surface area (Å²) in [6.45, 7) is 4.75. The van der Waals surface area contributed by atoms with Crippen LogP contribution in [0, 0.1) is 6.92 Å². The monoisotopic (exact) mass is 285 g/mol. The Hall–Kier alpha value is -1.23. The van der Waals surface area contributed by atoms with Crippen molar-refractivity contribution in [1.29, 1.82) is 0 Å². The number of nitrogens with two attached hydrogens (primary N) is 1. The molecule has 0 radical (unpaired) electrons. The summed E-state index contributed by atoms with van der Waals surface area (Å²) in [5.41, 5.74) is 8.55. The van der Waals surface area contributed by atoms with Crippen molar-refractivity contribution in [2.24, 2.45) is 0 Å². The average Bonchev–Trinajstić information content (AvgIpc) is 2.19. The van der Waals surface area contributed by atoms with Crippen molar-refractivity contribution in [1.82, 2.24) is 5.32 Å². The van der Waals surface area contributed by atoms with Crippen LogP contribution in [0.5, 0.6) is 0 Å². The van der Waals surface area contributed by atoms with Crippen molar-refractivity contribution < 1.29 is 4.79 Å². The highest BCUT2D eigenvalue weighted by Crippen LogP contribution is 2.27. The van der Waals surface area contributed by atoms with E-state index < -0.39 is 0 Å². The number of hydrogen-bond acceptors (Lipinski definition) is 3. The third kappa shape index (κ3) is 3.73. The van der Waals surface area contributed by atoms with Crippen LogP contribution in [-0.2, 0) is 4.79 Å². The number of halogens is 1. The smallest absolute Gasteiger partial charge is 0.216 e. The molecule has 0 saturated heterocycles. The summed E-state index contributed by atoms with van der Waals surface area (Å²) < 4.78 is 0.929. The second-order valence-electron chi connectivity index (χ2n) is 3.60. The minimum atomic E-state index is -0.0191. The summed E-state index contributed by atoms with van der Waals surface area (Å²) in [5.74, 6) is -0.0191. The van der Waals surface area contributed by atoms with Gasteiger partial charge in [0.2, 0.25) is 5.91 Å². The van der Waals surface area contributed by atoms with Gasteiger partial charge in [0.25, 0.3) is 0 Å². The van der Waals surface area contributed by atoms with Gasteiger partial charge in [-0.1, -0.05) is 0 Å². The lowest BCUT2D eigenvalue weighted by molar-refractivity contribution is -0.118. The van der Waals surface area contributed by atoms with Crippen LogP contribution in [0.1, 0.15) is 12.5 Å². The first kappa shape index (κ1) is 12.8. The van der Waals surface area contributed by atoms with Crippen molar-refractivity contribution in [3.63, 3.8) is 0 Å². The van der Waals surface area contributed by atoms with Crippen LogP contribution in [0.25, 0.3) is 0 Å². The molecule has 5 heteroatoms. The topological polar surface area (TPSA) is 67.2 Å². The zero-order valence-corrected chi connectivity index (χ0v) is 11.0. The van der Waals surface area contributed by atoms with Gasteiger partial charge in [-0.25, -0.2) is 0 Å². The fourth-order valence-corrected chi connectivity index (χ4v) is 1.77. The average molecular weight is 286 g/mol. The van der Waals surface area contributed by atoms with Gasteiger partial charge in [0.15, 0.2) is 0 Å². The van der Waals surface area contributed by atoms with Crippen LogP contribution in [0.4, 0.5) is 11.4 Å². The third-order valence-electron chi connectivity index (χ3n) is 2.17. The molecule has 0 aliphatic heterocycles. The number of rotatable bonds is 4. The van der Waals surface area contributed by atoms with Crippen molar-refractivity contribution in [2.75, 3.05) is 24.1 Å². The molecule has 0 fully saturated rings. The molecule has 0 aromatic heterocycles. The van der Waals surface area contributed by atoms with Gasteiger partial charge in [0, 0.05) is 35.9 Å². The highest BCUT2D eigenvalue weighted by Gasteiger charge is 2.02. The third-order valence-corrected chi connectivity index (χ3v) is 2.83. The standard InChI is InChI=1S/C11H16BrN3O/c1-7-5-11(9(12)6-10(7)13)15-4-3-14-8(2)16/h5-6,15H,3-4,13H2,1-2H3,(H,14,16). The lowest BCUT2D eigenvalue weighted by Gasteiger charge is -2.11. The van der Waals surface area contributed by atoms with Crippen LogP contribution >= 0.6 is 15.9 Å². The van der Waals surface area contributed by atoms with Crippen LogP contribution < -0.4 is 16.4 Å². The fraction of sp³-hybridized carbons (Fsp3) is 0.364. The molecule has 1 aromatic carbocycles. The number of carbonyl (C=O) groups excluding carboxylic acids is 1. The highest BCUT2D eigenvalue weighted by atomic mass is 79.9. The Morgan fingerprint density at radius 1 is 1.44 bits per heavy atom. The number of benzene rings is 1. The Labute approximate surface area is 104 Å². The number of amides is 1. The van der Waals surface area contributed by atoms with Crippen LogP contribution in [0.2, 0.25) is 0 Å². The number of hydrogen-bond donors (Lipinski definition) is 3. The Morgan fingerprint density at radius 3 is 2.75 bits per heavy atom. The van der Waals surface area contributed by atoms with Gasteiger partial charge in [-0.2, -0.15) is 0 Å². The molecule has 1 aromatic rings. The summed E-state index contributed by atoms with van der Waals surface area (Å²) >= 11 is 3.43. The maximum atomic E-state index is 10.7. The SMILES string of the molecule is CC(=O)NCCNc1cc(C)c(N)cc1Br. The molecule has 0 aliphatic rings. The fourth-order valence-electron chi connectivity index (χ4n) is 1.27. The lowest BCUT2D eigenvalue weighted by Crippen LogP contribution is -2.26. The number of carbonyl (C=O) groups is 1. The molecule has 4 nitrogen and oxygen atoms in total. The molecule has 0 heterocycles. The van der Waals surface area contributed by atoms with Crippen LogP contribution in [0.3, 0.4) is 0 Å². The second-order valence-corrected chi connectivity index (χ2v) is 4.45. The lowest BCUT2D eigenvalue weighted by atomic mass is 10.2. The Morgan fingerprint density at radius 2 is 2.12 bits per heavy atom. The summed E-state index contributed by atoms with van der Waals surface area (Å²) in [7, 11) is 0. The number of anilines is 2. The van der Waals surface area contributed by atoms with E-state index >= 15 is 0 Å². The largest absolute Gasteiger partial charge is 0.398 e. The predicted octanol–water partition coefficient (Wildman–Crippen LogP) is 1.89. The summed E-state index contributed by atoms with van der Waals surface area (Å²) in [4.78, 5) is 10.7. The van der Waals surface area contributed by atoms with E-state index in [-0.39, 0.29) is 5.91 Å². The maximum Gasteiger partial charge on any atom is 0.216 e. The molecule has 0 aliphatic carbocycles. The van der Waals surface area contributed by atoms with Gasteiger partial charge in [-0.15, -0.1) is 0 Å². The van der Waals surface area contributed by atoms with Crippen LogP contribution in [-0.4, -0.2) is 19.0 Å². The quantitative estimate of drug-likeness (QED) is 0.585. The zero-order chi connectivity index (χ0) is 12.1. The van der Waals surface area contributed by atoms with E-state index in [9.17, 15) is 4.79 Å². The van der Waals surface area contributed by atoms with E-state index in [1.807, 2.05) is 19.1 Å². The Bertz CT molecular complexity index is 393. The molecule has 0 bridgehead atoms. The molecular weight excluding hydrogens is 270 g/mol. The first-order valence-electron chi connectivity index (χ1n) is 5.04. The summed E-state index contributed by atoms with van der Waals surface area (Å²) in [6, 6.07) is 3.85. The predicted molar refractivity (Wildman–Crippen MR) is 70.5 cm³/mol. The van der Waals surface area contributed by atoms with Crippen LogP contribution in [0.15, 0.2) is 16.6 Å². The molecule has 88 valence electrons. The molecular formula is C11H16BrN3O. The maximum absolute atomic E-state index is 10.7.